The molecule has 7 heteroatoms. The van der Waals surface area contributed by atoms with Gasteiger partial charge in [0.05, 0.1) is 17.4 Å². The van der Waals surface area contributed by atoms with Crippen LogP contribution in [-0.2, 0) is 6.54 Å². The number of pyridine rings is 1. The molecular weight excluding hydrogens is 314 g/mol. The summed E-state index contributed by atoms with van der Waals surface area (Å²) < 4.78 is 28.9. The van der Waals surface area contributed by atoms with E-state index < -0.39 is 11.7 Å². The van der Waals surface area contributed by atoms with Crippen LogP contribution in [0.2, 0.25) is 0 Å². The highest BCUT2D eigenvalue weighted by Crippen LogP contribution is 2.32. The zero-order valence-electron chi connectivity index (χ0n) is 12.7. The van der Waals surface area contributed by atoms with E-state index in [9.17, 15) is 13.6 Å². The molecule has 2 heterocycles. The van der Waals surface area contributed by atoms with Crippen molar-refractivity contribution in [2.75, 3.05) is 5.32 Å². The lowest BCUT2D eigenvalue weighted by Crippen LogP contribution is -2.15. The summed E-state index contributed by atoms with van der Waals surface area (Å²) in [6, 6.07) is 5.55. The van der Waals surface area contributed by atoms with Crippen molar-refractivity contribution in [2.45, 2.75) is 19.4 Å². The number of aromatic nitrogens is 3. The Hall–Kier alpha value is -2.83. The lowest BCUT2D eigenvalue weighted by molar-refractivity contribution is 0.102. The summed E-state index contributed by atoms with van der Waals surface area (Å²) in [5, 5.41) is 7.37. The molecule has 3 aromatic rings. The molecule has 1 saturated carbocycles. The van der Waals surface area contributed by atoms with Gasteiger partial charge in [0.1, 0.15) is 5.82 Å². The molecule has 2 aromatic heterocycles. The van der Waals surface area contributed by atoms with E-state index in [1.165, 1.54) is 30.5 Å². The Bertz CT molecular complexity index is 933. The summed E-state index contributed by atoms with van der Waals surface area (Å²) in [6.45, 7) is 0.650. The molecule has 0 aliphatic heterocycles. The van der Waals surface area contributed by atoms with Gasteiger partial charge < -0.3 is 5.32 Å². The number of carbonyl (C=O) groups excluding carboxylic acids is 1. The van der Waals surface area contributed by atoms with Crippen LogP contribution in [0.1, 0.15) is 23.3 Å². The SMILES string of the molecule is O=C(Nc1ccncc1F)c1nn(CC2CC2)c2cc(F)ccc12. The summed E-state index contributed by atoms with van der Waals surface area (Å²) >= 11 is 0. The number of carbonyl (C=O) groups is 1. The molecular formula is C17H14F2N4O. The van der Waals surface area contributed by atoms with Gasteiger partial charge in [-0.1, -0.05) is 0 Å². The van der Waals surface area contributed by atoms with Crippen LogP contribution in [0, 0.1) is 17.6 Å². The molecule has 4 rings (SSSR count). The molecule has 1 aliphatic rings. The molecule has 0 radical (unpaired) electrons. The number of nitrogens with zero attached hydrogens (tertiary/aromatic N) is 3. The second-order valence-corrected chi connectivity index (χ2v) is 5.95. The molecule has 0 bridgehead atoms. The Labute approximate surface area is 136 Å². The van der Waals surface area contributed by atoms with Crippen LogP contribution in [0.5, 0.6) is 0 Å². The fourth-order valence-corrected chi connectivity index (χ4v) is 2.66. The minimum absolute atomic E-state index is 0.0296. The van der Waals surface area contributed by atoms with E-state index in [1.807, 2.05) is 0 Å². The lowest BCUT2D eigenvalue weighted by atomic mass is 10.2. The van der Waals surface area contributed by atoms with E-state index in [2.05, 4.69) is 15.4 Å². The summed E-state index contributed by atoms with van der Waals surface area (Å²) in [5.41, 5.74) is 0.756. The Kier molecular flexibility index (Phi) is 3.48. The molecule has 1 aliphatic carbocycles. The van der Waals surface area contributed by atoms with Gasteiger partial charge in [0, 0.05) is 18.1 Å². The number of anilines is 1. The van der Waals surface area contributed by atoms with Crippen LogP contribution in [0.15, 0.2) is 36.7 Å². The van der Waals surface area contributed by atoms with Crippen molar-refractivity contribution >= 4 is 22.5 Å². The smallest absolute Gasteiger partial charge is 0.276 e. The Morgan fingerprint density at radius 3 is 2.88 bits per heavy atom. The van der Waals surface area contributed by atoms with Gasteiger partial charge in [-0.15, -0.1) is 0 Å². The highest BCUT2D eigenvalue weighted by Gasteiger charge is 2.25. The Balaban J connectivity index is 1.72. The first-order valence-corrected chi connectivity index (χ1v) is 7.69. The largest absolute Gasteiger partial charge is 0.318 e. The van der Waals surface area contributed by atoms with Crippen LogP contribution in [0.4, 0.5) is 14.5 Å². The molecule has 24 heavy (non-hydrogen) atoms. The molecule has 1 N–H and O–H groups in total. The van der Waals surface area contributed by atoms with E-state index in [0.717, 1.165) is 19.0 Å². The number of hydrogen-bond acceptors (Lipinski definition) is 3. The van der Waals surface area contributed by atoms with Crippen LogP contribution in [0.3, 0.4) is 0 Å². The first kappa shape index (κ1) is 14.7. The third kappa shape index (κ3) is 2.73. The minimum atomic E-state index is -0.626. The quantitative estimate of drug-likeness (QED) is 0.799. The summed E-state index contributed by atoms with van der Waals surface area (Å²) in [6.07, 6.45) is 4.63. The maximum absolute atomic E-state index is 13.7. The molecule has 0 spiro atoms. The van der Waals surface area contributed by atoms with Crippen molar-refractivity contribution in [3.05, 3.63) is 54.0 Å². The maximum Gasteiger partial charge on any atom is 0.276 e. The van der Waals surface area contributed by atoms with Gasteiger partial charge in [-0.05, 0) is 43.0 Å². The van der Waals surface area contributed by atoms with Gasteiger partial charge in [0.2, 0.25) is 0 Å². The average Bonchev–Trinajstić information content (AvgIpc) is 3.31. The van der Waals surface area contributed by atoms with Crippen molar-refractivity contribution in [1.29, 1.82) is 0 Å². The van der Waals surface area contributed by atoms with Crippen LogP contribution in [-0.4, -0.2) is 20.7 Å². The molecule has 0 unspecified atom stereocenters. The predicted octanol–water partition coefficient (Wildman–Crippen LogP) is 3.37. The normalized spacial score (nSPS) is 14.1. The molecule has 1 amide bonds. The molecule has 5 nitrogen and oxygen atoms in total. The van der Waals surface area contributed by atoms with Crippen molar-refractivity contribution in [3.63, 3.8) is 0 Å². The number of amides is 1. The maximum atomic E-state index is 13.7. The molecule has 0 atom stereocenters. The van der Waals surface area contributed by atoms with E-state index >= 15 is 0 Å². The van der Waals surface area contributed by atoms with Gasteiger partial charge in [0.25, 0.3) is 5.91 Å². The summed E-state index contributed by atoms with van der Waals surface area (Å²) in [4.78, 5) is 16.2. The van der Waals surface area contributed by atoms with Gasteiger partial charge >= 0.3 is 0 Å². The van der Waals surface area contributed by atoms with E-state index in [-0.39, 0.29) is 17.2 Å². The first-order valence-electron chi connectivity index (χ1n) is 7.69. The van der Waals surface area contributed by atoms with Gasteiger partial charge in [0.15, 0.2) is 11.5 Å². The van der Waals surface area contributed by atoms with E-state index in [1.54, 1.807) is 4.68 Å². The summed E-state index contributed by atoms with van der Waals surface area (Å²) in [5.74, 6) is -1.03. The van der Waals surface area contributed by atoms with E-state index in [0.29, 0.717) is 23.4 Å². The topological polar surface area (TPSA) is 59.8 Å². The molecule has 1 aromatic carbocycles. The Morgan fingerprint density at radius 1 is 1.29 bits per heavy atom. The highest BCUT2D eigenvalue weighted by atomic mass is 19.1. The number of nitrogens with one attached hydrogen (secondary N) is 1. The van der Waals surface area contributed by atoms with E-state index in [4.69, 9.17) is 0 Å². The van der Waals surface area contributed by atoms with Crippen molar-refractivity contribution < 1.29 is 13.6 Å². The van der Waals surface area contributed by atoms with Crippen molar-refractivity contribution in [3.8, 4) is 0 Å². The van der Waals surface area contributed by atoms with Crippen molar-refractivity contribution in [2.24, 2.45) is 5.92 Å². The number of fused-ring (bicyclic) bond motifs is 1. The first-order chi connectivity index (χ1) is 11.6. The van der Waals surface area contributed by atoms with Gasteiger partial charge in [-0.2, -0.15) is 5.10 Å². The average molecular weight is 328 g/mol. The standard InChI is InChI=1S/C17H14F2N4O/c18-11-3-4-12-15(7-11)23(9-10-1-2-10)22-16(12)17(24)21-14-5-6-20-8-13(14)19/h3-8,10H,1-2,9H2,(H,20,21,24). The summed E-state index contributed by atoms with van der Waals surface area (Å²) in [7, 11) is 0. The molecule has 122 valence electrons. The monoisotopic (exact) mass is 328 g/mol. The van der Waals surface area contributed by atoms with Crippen LogP contribution in [0.25, 0.3) is 10.9 Å². The third-order valence-electron chi connectivity index (χ3n) is 4.08. The van der Waals surface area contributed by atoms with Crippen molar-refractivity contribution in [1.82, 2.24) is 14.8 Å². The second kappa shape index (κ2) is 5.67. The second-order valence-electron chi connectivity index (χ2n) is 5.95. The molecule has 0 saturated heterocycles. The fourth-order valence-electron chi connectivity index (χ4n) is 2.66. The number of benzene rings is 1. The Morgan fingerprint density at radius 2 is 2.12 bits per heavy atom. The number of rotatable bonds is 4. The van der Waals surface area contributed by atoms with Crippen LogP contribution < -0.4 is 5.32 Å². The highest BCUT2D eigenvalue weighted by molar-refractivity contribution is 6.11. The fraction of sp³-hybridized carbons (Fsp3) is 0.235. The molecule has 1 fully saturated rings. The lowest BCUT2D eigenvalue weighted by Gasteiger charge is -2.04. The zero-order valence-corrected chi connectivity index (χ0v) is 12.7. The number of halogens is 2. The third-order valence-corrected chi connectivity index (χ3v) is 4.08. The predicted molar refractivity (Wildman–Crippen MR) is 84.6 cm³/mol. The van der Waals surface area contributed by atoms with Gasteiger partial charge in [-0.3, -0.25) is 14.5 Å². The van der Waals surface area contributed by atoms with Crippen LogP contribution >= 0.6 is 0 Å². The zero-order chi connectivity index (χ0) is 16.7. The number of hydrogen-bond donors (Lipinski definition) is 1. The minimum Gasteiger partial charge on any atom is -0.318 e. The van der Waals surface area contributed by atoms with Gasteiger partial charge in [-0.25, -0.2) is 8.78 Å².